The molecular formula is C13H16O3S. The molecule has 1 aromatic carbocycles. The van der Waals surface area contributed by atoms with E-state index < -0.39 is 9.84 Å². The Morgan fingerprint density at radius 2 is 2.00 bits per heavy atom. The van der Waals surface area contributed by atoms with Crippen LogP contribution in [-0.4, -0.2) is 21.3 Å². The summed E-state index contributed by atoms with van der Waals surface area (Å²) in [5.41, 5.74) is 1.01. The van der Waals surface area contributed by atoms with Gasteiger partial charge in [0.15, 0.2) is 9.84 Å². The van der Waals surface area contributed by atoms with Gasteiger partial charge < -0.3 is 4.74 Å². The van der Waals surface area contributed by atoms with E-state index in [9.17, 15) is 8.42 Å². The van der Waals surface area contributed by atoms with Gasteiger partial charge in [0.1, 0.15) is 5.75 Å². The van der Waals surface area contributed by atoms with Crippen LogP contribution in [0.25, 0.3) is 0 Å². The van der Waals surface area contributed by atoms with E-state index >= 15 is 0 Å². The number of hydrogen-bond donors (Lipinski definition) is 0. The van der Waals surface area contributed by atoms with Gasteiger partial charge in [-0.1, -0.05) is 6.07 Å². The van der Waals surface area contributed by atoms with Gasteiger partial charge in [0, 0.05) is 0 Å². The molecule has 1 atom stereocenters. The highest BCUT2D eigenvalue weighted by molar-refractivity contribution is 7.91. The zero-order valence-electron chi connectivity index (χ0n) is 9.85. The lowest BCUT2D eigenvalue weighted by molar-refractivity contribution is 0.412. The van der Waals surface area contributed by atoms with Crippen molar-refractivity contribution in [2.24, 2.45) is 5.92 Å². The topological polar surface area (TPSA) is 43.4 Å². The van der Waals surface area contributed by atoms with E-state index in [2.05, 4.69) is 0 Å². The van der Waals surface area contributed by atoms with Crippen molar-refractivity contribution in [1.29, 1.82) is 0 Å². The van der Waals surface area contributed by atoms with Crippen molar-refractivity contribution in [2.75, 3.05) is 12.9 Å². The molecule has 1 aromatic rings. The fourth-order valence-corrected chi connectivity index (χ4v) is 4.41. The zero-order chi connectivity index (χ0) is 12.0. The van der Waals surface area contributed by atoms with Crippen molar-refractivity contribution in [3.63, 3.8) is 0 Å². The maximum Gasteiger partial charge on any atom is 0.178 e. The van der Waals surface area contributed by atoms with Gasteiger partial charge in [-0.05, 0) is 48.8 Å². The summed E-state index contributed by atoms with van der Waals surface area (Å²) in [4.78, 5) is 0.500. The van der Waals surface area contributed by atoms with Crippen LogP contribution in [0, 0.1) is 5.92 Å². The first-order valence-electron chi connectivity index (χ1n) is 6.02. The molecule has 4 heteroatoms. The van der Waals surface area contributed by atoms with Gasteiger partial charge in [-0.3, -0.25) is 0 Å². The predicted molar refractivity (Wildman–Crippen MR) is 65.1 cm³/mol. The van der Waals surface area contributed by atoms with Crippen LogP contribution in [0.15, 0.2) is 23.1 Å². The Balaban J connectivity index is 2.13. The molecule has 0 bridgehead atoms. The van der Waals surface area contributed by atoms with E-state index in [1.807, 2.05) is 12.1 Å². The normalized spacial score (nSPS) is 26.3. The molecule has 1 saturated carbocycles. The minimum atomic E-state index is -3.09. The third-order valence-electron chi connectivity index (χ3n) is 3.84. The third kappa shape index (κ3) is 1.84. The minimum absolute atomic E-state index is 0.286. The minimum Gasteiger partial charge on any atom is -0.497 e. The maximum absolute atomic E-state index is 12.1. The molecule has 1 heterocycles. The molecule has 0 N–H and O–H groups in total. The lowest BCUT2D eigenvalue weighted by Gasteiger charge is -2.25. The highest BCUT2D eigenvalue weighted by Crippen LogP contribution is 2.49. The van der Waals surface area contributed by atoms with Crippen LogP contribution in [0.3, 0.4) is 0 Å². The molecule has 1 aliphatic heterocycles. The second-order valence-corrected chi connectivity index (χ2v) is 7.03. The number of ether oxygens (including phenoxy) is 1. The molecule has 3 rings (SSSR count). The average molecular weight is 252 g/mol. The summed E-state index contributed by atoms with van der Waals surface area (Å²) < 4.78 is 29.3. The summed E-state index contributed by atoms with van der Waals surface area (Å²) >= 11 is 0. The van der Waals surface area contributed by atoms with Crippen molar-refractivity contribution in [3.05, 3.63) is 23.8 Å². The van der Waals surface area contributed by atoms with Crippen LogP contribution < -0.4 is 4.74 Å². The van der Waals surface area contributed by atoms with Gasteiger partial charge in [0.05, 0.1) is 17.8 Å². The largest absolute Gasteiger partial charge is 0.497 e. The molecule has 92 valence electrons. The number of fused-ring (bicyclic) bond motifs is 1. The molecular weight excluding hydrogens is 236 g/mol. The SMILES string of the molecule is COc1ccc2c(c1)S(=O)(=O)CCC2C1CC1. The van der Waals surface area contributed by atoms with Crippen LogP contribution in [0.1, 0.15) is 30.7 Å². The summed E-state index contributed by atoms with van der Waals surface area (Å²) in [6.45, 7) is 0. The number of hydrogen-bond acceptors (Lipinski definition) is 3. The van der Waals surface area contributed by atoms with E-state index in [0.717, 1.165) is 12.0 Å². The summed E-state index contributed by atoms with van der Waals surface area (Å²) in [7, 11) is -1.53. The van der Waals surface area contributed by atoms with E-state index in [-0.39, 0.29) is 5.75 Å². The number of rotatable bonds is 2. The zero-order valence-corrected chi connectivity index (χ0v) is 10.7. The molecule has 1 unspecified atom stereocenters. The van der Waals surface area contributed by atoms with Gasteiger partial charge in [0.2, 0.25) is 0 Å². The fourth-order valence-electron chi connectivity index (χ4n) is 2.75. The van der Waals surface area contributed by atoms with Crippen LogP contribution >= 0.6 is 0 Å². The van der Waals surface area contributed by atoms with Crippen LogP contribution in [0.5, 0.6) is 5.75 Å². The highest BCUT2D eigenvalue weighted by Gasteiger charge is 2.39. The first kappa shape index (κ1) is 11.1. The Labute approximate surface area is 102 Å². The van der Waals surface area contributed by atoms with Crippen molar-refractivity contribution in [3.8, 4) is 5.75 Å². The second kappa shape index (κ2) is 3.73. The summed E-state index contributed by atoms with van der Waals surface area (Å²) in [5, 5.41) is 0. The Morgan fingerprint density at radius 3 is 2.65 bits per heavy atom. The summed E-state index contributed by atoms with van der Waals surface area (Å²) in [6, 6.07) is 5.49. The molecule has 2 aliphatic rings. The van der Waals surface area contributed by atoms with Crippen molar-refractivity contribution < 1.29 is 13.2 Å². The number of sulfone groups is 1. The van der Waals surface area contributed by atoms with E-state index in [1.54, 1.807) is 13.2 Å². The van der Waals surface area contributed by atoms with Gasteiger partial charge in [0.25, 0.3) is 0 Å². The van der Waals surface area contributed by atoms with E-state index in [1.165, 1.54) is 12.8 Å². The third-order valence-corrected chi connectivity index (χ3v) is 5.64. The second-order valence-electron chi connectivity index (χ2n) is 4.96. The van der Waals surface area contributed by atoms with Gasteiger partial charge in [-0.2, -0.15) is 0 Å². The molecule has 17 heavy (non-hydrogen) atoms. The molecule has 0 saturated heterocycles. The molecule has 3 nitrogen and oxygen atoms in total. The van der Waals surface area contributed by atoms with Crippen molar-refractivity contribution in [2.45, 2.75) is 30.1 Å². The first-order valence-corrected chi connectivity index (χ1v) is 7.68. The molecule has 0 radical (unpaired) electrons. The quantitative estimate of drug-likeness (QED) is 0.811. The van der Waals surface area contributed by atoms with E-state index in [0.29, 0.717) is 22.5 Å². The number of methoxy groups -OCH3 is 1. The lowest BCUT2D eigenvalue weighted by Crippen LogP contribution is -2.21. The van der Waals surface area contributed by atoms with Gasteiger partial charge >= 0.3 is 0 Å². The Kier molecular flexibility index (Phi) is 2.43. The Bertz CT molecular complexity index is 544. The monoisotopic (exact) mass is 252 g/mol. The Hall–Kier alpha value is -1.03. The molecule has 1 aliphatic carbocycles. The maximum atomic E-state index is 12.1. The van der Waals surface area contributed by atoms with Gasteiger partial charge in [-0.15, -0.1) is 0 Å². The summed E-state index contributed by atoms with van der Waals surface area (Å²) in [6.07, 6.45) is 3.28. The Morgan fingerprint density at radius 1 is 1.24 bits per heavy atom. The summed E-state index contributed by atoms with van der Waals surface area (Å²) in [5.74, 6) is 2.06. The fraction of sp³-hybridized carbons (Fsp3) is 0.538. The lowest BCUT2D eigenvalue weighted by atomic mass is 9.91. The van der Waals surface area contributed by atoms with Crippen LogP contribution in [0.4, 0.5) is 0 Å². The molecule has 0 amide bonds. The molecule has 0 aromatic heterocycles. The molecule has 0 spiro atoms. The highest BCUT2D eigenvalue weighted by atomic mass is 32.2. The standard InChI is InChI=1S/C13H16O3S/c1-16-10-4-5-12-11(9-2-3-9)6-7-17(14,15)13(12)8-10/h4-5,8-9,11H,2-3,6-7H2,1H3. The average Bonchev–Trinajstić information content (AvgIpc) is 3.13. The van der Waals surface area contributed by atoms with E-state index in [4.69, 9.17) is 4.74 Å². The molecule has 1 fully saturated rings. The van der Waals surface area contributed by atoms with Crippen molar-refractivity contribution in [1.82, 2.24) is 0 Å². The first-order chi connectivity index (χ1) is 8.12. The van der Waals surface area contributed by atoms with Crippen molar-refractivity contribution >= 4 is 9.84 Å². The van der Waals surface area contributed by atoms with Crippen LogP contribution in [0.2, 0.25) is 0 Å². The predicted octanol–water partition coefficient (Wildman–Crippen LogP) is 2.37. The smallest absolute Gasteiger partial charge is 0.178 e. The number of benzene rings is 1. The van der Waals surface area contributed by atoms with Gasteiger partial charge in [-0.25, -0.2) is 8.42 Å². The van der Waals surface area contributed by atoms with Crippen LogP contribution in [-0.2, 0) is 9.84 Å².